The lowest BCUT2D eigenvalue weighted by atomic mass is 9.80. The maximum atomic E-state index is 11.0. The number of aromatic nitrogens is 2. The van der Waals surface area contributed by atoms with E-state index in [1.807, 2.05) is 19.9 Å². The summed E-state index contributed by atoms with van der Waals surface area (Å²) in [5.74, 6) is 2.11. The van der Waals surface area contributed by atoms with Crippen molar-refractivity contribution in [3.63, 3.8) is 0 Å². The first-order chi connectivity index (χ1) is 16.7. The number of nitrogens with zero attached hydrogens (tertiary/aromatic N) is 4. The Morgan fingerprint density at radius 2 is 1.97 bits per heavy atom. The van der Waals surface area contributed by atoms with Gasteiger partial charge in [-0.25, -0.2) is 4.98 Å². The SMILES string of the molecule is Cc1nc(N2CC(C3CC4CC3N(CCC(=O)O)C4)C2)nc(O[C@H](C)c2ccc(Cl)cc2Cl)c1Cl. The predicted octanol–water partition coefficient (Wildman–Crippen LogP) is 5.51. The lowest BCUT2D eigenvalue weighted by molar-refractivity contribution is -0.137. The van der Waals surface area contributed by atoms with Crippen molar-refractivity contribution >= 4 is 46.7 Å². The summed E-state index contributed by atoms with van der Waals surface area (Å²) >= 11 is 18.9. The third-order valence-corrected chi connectivity index (χ3v) is 8.71. The van der Waals surface area contributed by atoms with Crippen LogP contribution in [0.4, 0.5) is 5.95 Å². The molecule has 7 nitrogen and oxygen atoms in total. The van der Waals surface area contributed by atoms with Crippen LogP contribution in [0, 0.1) is 24.7 Å². The molecule has 10 heteroatoms. The molecule has 1 saturated carbocycles. The summed E-state index contributed by atoms with van der Waals surface area (Å²) in [6.45, 7) is 7.22. The van der Waals surface area contributed by atoms with Gasteiger partial charge in [-0.2, -0.15) is 4.98 Å². The van der Waals surface area contributed by atoms with Crippen LogP contribution in [0.1, 0.15) is 43.5 Å². The molecule has 1 aromatic carbocycles. The first kappa shape index (κ1) is 24.9. The molecule has 2 bridgehead atoms. The molecule has 3 unspecified atom stereocenters. The van der Waals surface area contributed by atoms with Crippen molar-refractivity contribution in [1.82, 2.24) is 14.9 Å². The van der Waals surface area contributed by atoms with Gasteiger partial charge in [0.25, 0.3) is 0 Å². The van der Waals surface area contributed by atoms with E-state index >= 15 is 0 Å². The lowest BCUT2D eigenvalue weighted by Crippen LogP contribution is -2.55. The number of hydrogen-bond acceptors (Lipinski definition) is 6. The number of aryl methyl sites for hydroxylation is 1. The molecule has 2 saturated heterocycles. The lowest BCUT2D eigenvalue weighted by Gasteiger charge is -2.47. The largest absolute Gasteiger partial charge is 0.481 e. The number of anilines is 1. The molecule has 0 amide bonds. The van der Waals surface area contributed by atoms with Gasteiger partial charge in [0, 0.05) is 47.8 Å². The van der Waals surface area contributed by atoms with Gasteiger partial charge in [0.15, 0.2) is 0 Å². The number of fused-ring (bicyclic) bond motifs is 2. The Morgan fingerprint density at radius 1 is 1.20 bits per heavy atom. The van der Waals surface area contributed by atoms with Gasteiger partial charge in [0.2, 0.25) is 11.8 Å². The van der Waals surface area contributed by atoms with Gasteiger partial charge in [0.05, 0.1) is 12.1 Å². The second kappa shape index (κ2) is 9.92. The fourth-order valence-corrected chi connectivity index (χ4v) is 6.63. The number of likely N-dealkylation sites (tertiary alicyclic amines) is 1. The van der Waals surface area contributed by atoms with Gasteiger partial charge in [-0.05, 0) is 56.6 Å². The van der Waals surface area contributed by atoms with Crippen molar-refractivity contribution in [2.24, 2.45) is 17.8 Å². The monoisotopic (exact) mass is 538 g/mol. The van der Waals surface area contributed by atoms with Crippen molar-refractivity contribution in [2.45, 2.75) is 45.3 Å². The quantitative estimate of drug-likeness (QED) is 0.474. The van der Waals surface area contributed by atoms with Crippen LogP contribution in [0.5, 0.6) is 5.88 Å². The highest BCUT2D eigenvalue weighted by Gasteiger charge is 2.50. The molecule has 1 aromatic heterocycles. The Bertz CT molecular complexity index is 1130. The molecule has 0 spiro atoms. The summed E-state index contributed by atoms with van der Waals surface area (Å²) in [4.78, 5) is 24.9. The van der Waals surface area contributed by atoms with Crippen molar-refractivity contribution in [3.05, 3.63) is 44.5 Å². The normalized spacial score (nSPS) is 25.1. The fraction of sp³-hybridized carbons (Fsp3) is 0.560. The number of piperidine rings is 1. The van der Waals surface area contributed by atoms with Gasteiger partial charge in [-0.1, -0.05) is 40.9 Å². The Kier molecular flexibility index (Phi) is 7.05. The average Bonchev–Trinajstić information content (AvgIpc) is 3.35. The number of ether oxygens (including phenoxy) is 1. The van der Waals surface area contributed by atoms with Crippen LogP contribution in [-0.4, -0.2) is 58.2 Å². The summed E-state index contributed by atoms with van der Waals surface area (Å²) in [7, 11) is 0. The van der Waals surface area contributed by atoms with Gasteiger partial charge in [-0.3, -0.25) is 9.69 Å². The maximum absolute atomic E-state index is 11.0. The number of benzene rings is 1. The average molecular weight is 540 g/mol. The smallest absolute Gasteiger partial charge is 0.304 e. The second-order valence-electron chi connectivity index (χ2n) is 10.0. The van der Waals surface area contributed by atoms with E-state index in [4.69, 9.17) is 44.6 Å². The van der Waals surface area contributed by atoms with Gasteiger partial charge >= 0.3 is 5.97 Å². The molecular weight excluding hydrogens is 511 g/mol. The van der Waals surface area contributed by atoms with E-state index < -0.39 is 5.97 Å². The molecule has 2 aromatic rings. The van der Waals surface area contributed by atoms with Crippen LogP contribution in [0.2, 0.25) is 15.1 Å². The molecule has 35 heavy (non-hydrogen) atoms. The first-order valence-corrected chi connectivity index (χ1v) is 13.2. The minimum Gasteiger partial charge on any atom is -0.481 e. The van der Waals surface area contributed by atoms with Gasteiger partial charge < -0.3 is 14.7 Å². The van der Waals surface area contributed by atoms with E-state index in [1.165, 1.54) is 12.8 Å². The number of aliphatic carboxylic acids is 1. The van der Waals surface area contributed by atoms with E-state index in [0.717, 1.165) is 25.2 Å². The highest BCUT2D eigenvalue weighted by atomic mass is 35.5. The zero-order chi connectivity index (χ0) is 24.9. The molecule has 1 N–H and O–H groups in total. The van der Waals surface area contributed by atoms with E-state index in [-0.39, 0.29) is 12.5 Å². The molecule has 188 valence electrons. The number of carboxylic acid groups (broad SMARTS) is 1. The zero-order valence-corrected chi connectivity index (χ0v) is 22.0. The van der Waals surface area contributed by atoms with Crippen LogP contribution in [0.3, 0.4) is 0 Å². The topological polar surface area (TPSA) is 78.8 Å². The molecule has 3 heterocycles. The predicted molar refractivity (Wildman–Crippen MR) is 137 cm³/mol. The Labute approximate surface area is 220 Å². The third-order valence-electron chi connectivity index (χ3n) is 7.71. The van der Waals surface area contributed by atoms with Crippen LogP contribution in [-0.2, 0) is 4.79 Å². The van der Waals surface area contributed by atoms with Crippen LogP contribution in [0.15, 0.2) is 18.2 Å². The molecule has 5 rings (SSSR count). The van der Waals surface area contributed by atoms with Crippen molar-refractivity contribution < 1.29 is 14.6 Å². The van der Waals surface area contributed by atoms with Crippen LogP contribution in [0.25, 0.3) is 0 Å². The first-order valence-electron chi connectivity index (χ1n) is 12.1. The van der Waals surface area contributed by atoms with E-state index in [0.29, 0.717) is 62.9 Å². The molecule has 3 fully saturated rings. The number of hydrogen-bond donors (Lipinski definition) is 1. The number of rotatable bonds is 8. The fourth-order valence-electron chi connectivity index (χ4n) is 5.94. The Balaban J connectivity index is 1.24. The van der Waals surface area contributed by atoms with Crippen LogP contribution >= 0.6 is 34.8 Å². The summed E-state index contributed by atoms with van der Waals surface area (Å²) in [5.41, 5.74) is 1.47. The highest BCUT2D eigenvalue weighted by Crippen LogP contribution is 2.47. The maximum Gasteiger partial charge on any atom is 0.304 e. The number of carboxylic acids is 1. The van der Waals surface area contributed by atoms with Gasteiger partial charge in [-0.15, -0.1) is 0 Å². The number of carbonyl (C=O) groups is 1. The molecule has 1 aliphatic carbocycles. The highest BCUT2D eigenvalue weighted by molar-refractivity contribution is 6.35. The minimum absolute atomic E-state index is 0.215. The van der Waals surface area contributed by atoms with Crippen molar-refractivity contribution in [2.75, 3.05) is 31.1 Å². The molecular formula is C25H29Cl3N4O3. The summed E-state index contributed by atoms with van der Waals surface area (Å²) in [6, 6.07) is 5.81. The molecule has 3 aliphatic rings. The van der Waals surface area contributed by atoms with Crippen molar-refractivity contribution in [3.8, 4) is 5.88 Å². The second-order valence-corrected chi connectivity index (χ2v) is 11.2. The minimum atomic E-state index is -0.722. The van der Waals surface area contributed by atoms with E-state index in [9.17, 15) is 4.79 Å². The Hall–Kier alpha value is -1.80. The molecule has 0 radical (unpaired) electrons. The zero-order valence-electron chi connectivity index (χ0n) is 19.8. The molecule has 2 aliphatic heterocycles. The van der Waals surface area contributed by atoms with E-state index in [1.54, 1.807) is 12.1 Å². The molecule has 4 atom stereocenters. The number of halogens is 3. The van der Waals surface area contributed by atoms with Gasteiger partial charge in [0.1, 0.15) is 11.1 Å². The summed E-state index contributed by atoms with van der Waals surface area (Å²) in [6.07, 6.45) is 2.28. The summed E-state index contributed by atoms with van der Waals surface area (Å²) < 4.78 is 6.13. The van der Waals surface area contributed by atoms with E-state index in [2.05, 4.69) is 19.8 Å². The van der Waals surface area contributed by atoms with Crippen molar-refractivity contribution in [1.29, 1.82) is 0 Å². The van der Waals surface area contributed by atoms with Crippen LogP contribution < -0.4 is 9.64 Å². The Morgan fingerprint density at radius 3 is 2.66 bits per heavy atom. The summed E-state index contributed by atoms with van der Waals surface area (Å²) in [5, 5.41) is 10.6. The standard InChI is InChI=1S/C25H29Cl3N4O3/c1-13-23(28)24(35-14(2)18-4-3-17(26)9-20(18)27)30-25(29-13)32-11-16(12-32)19-7-15-8-21(19)31(10-15)6-5-22(33)34/h3-4,9,14-16,19,21H,5-8,10-12H2,1-2H3,(H,33,34)/t14-,15?,19?,21?/m1/s1. The third kappa shape index (κ3) is 5.06.